The predicted molar refractivity (Wildman–Crippen MR) is 86.5 cm³/mol. The molecule has 0 bridgehead atoms. The van der Waals surface area contributed by atoms with Crippen molar-refractivity contribution in [2.24, 2.45) is 5.92 Å². The van der Waals surface area contributed by atoms with Gasteiger partial charge in [0.1, 0.15) is 5.82 Å². The average Bonchev–Trinajstić information content (AvgIpc) is 2.86. The van der Waals surface area contributed by atoms with Crippen LogP contribution in [0.1, 0.15) is 12.5 Å². The Bertz CT molecular complexity index is 691. The molecule has 0 saturated carbocycles. The van der Waals surface area contributed by atoms with E-state index in [4.69, 9.17) is 4.74 Å². The van der Waals surface area contributed by atoms with Gasteiger partial charge in [-0.2, -0.15) is 0 Å². The maximum atomic E-state index is 13.1. The molecule has 5 heteroatoms. The number of fused-ring (bicyclic) bond motifs is 1. The minimum Gasteiger partial charge on any atom is -0.463 e. The van der Waals surface area contributed by atoms with Gasteiger partial charge in [0.25, 0.3) is 0 Å². The SMILES string of the molecule is CCOC(=O)C1=C(c2ccc(F)cc2)NC2C=CC(Br)=CC12. The van der Waals surface area contributed by atoms with Crippen LogP contribution in [0.15, 0.2) is 52.5 Å². The number of carbonyl (C=O) groups excluding carboxylic acids is 1. The average molecular weight is 364 g/mol. The second-order valence-corrected chi connectivity index (χ2v) is 6.04. The summed E-state index contributed by atoms with van der Waals surface area (Å²) < 4.78 is 19.3. The molecule has 1 aliphatic heterocycles. The van der Waals surface area contributed by atoms with Crippen LogP contribution in [-0.2, 0) is 9.53 Å². The topological polar surface area (TPSA) is 38.3 Å². The van der Waals surface area contributed by atoms with Crippen LogP contribution < -0.4 is 5.32 Å². The molecule has 0 aromatic heterocycles. The van der Waals surface area contributed by atoms with Crippen LogP contribution in [0.3, 0.4) is 0 Å². The van der Waals surface area contributed by atoms with Crippen molar-refractivity contribution in [2.45, 2.75) is 13.0 Å². The first-order valence-electron chi connectivity index (χ1n) is 7.09. The Labute approximate surface area is 136 Å². The van der Waals surface area contributed by atoms with Crippen molar-refractivity contribution < 1.29 is 13.9 Å². The number of nitrogens with one attached hydrogen (secondary N) is 1. The zero-order valence-electron chi connectivity index (χ0n) is 12.0. The summed E-state index contributed by atoms with van der Waals surface area (Å²) in [4.78, 5) is 12.4. The first kappa shape index (κ1) is 15.0. The molecule has 1 heterocycles. The minimum atomic E-state index is -0.339. The van der Waals surface area contributed by atoms with E-state index in [0.29, 0.717) is 17.9 Å². The highest BCUT2D eigenvalue weighted by Gasteiger charge is 2.38. The van der Waals surface area contributed by atoms with Crippen LogP contribution in [-0.4, -0.2) is 18.6 Å². The van der Waals surface area contributed by atoms with Crippen molar-refractivity contribution >= 4 is 27.6 Å². The number of benzene rings is 1. The van der Waals surface area contributed by atoms with Crippen LogP contribution >= 0.6 is 15.9 Å². The molecule has 1 aromatic carbocycles. The van der Waals surface area contributed by atoms with Gasteiger partial charge < -0.3 is 10.1 Å². The molecule has 0 fully saturated rings. The summed E-state index contributed by atoms with van der Waals surface area (Å²) in [5.41, 5.74) is 2.06. The van der Waals surface area contributed by atoms with E-state index in [1.165, 1.54) is 12.1 Å². The Kier molecular flexibility index (Phi) is 4.16. The third-order valence-corrected chi connectivity index (χ3v) is 4.26. The molecular formula is C17H15BrFNO2. The fourth-order valence-corrected chi connectivity index (χ4v) is 3.20. The first-order valence-corrected chi connectivity index (χ1v) is 7.88. The summed E-state index contributed by atoms with van der Waals surface area (Å²) in [6.07, 6.45) is 5.94. The number of esters is 1. The molecule has 22 heavy (non-hydrogen) atoms. The molecule has 114 valence electrons. The van der Waals surface area contributed by atoms with Crippen molar-refractivity contribution in [2.75, 3.05) is 6.61 Å². The lowest BCUT2D eigenvalue weighted by molar-refractivity contribution is -0.138. The molecule has 3 rings (SSSR count). The van der Waals surface area contributed by atoms with Gasteiger partial charge in [-0.1, -0.05) is 34.2 Å². The van der Waals surface area contributed by atoms with Gasteiger partial charge >= 0.3 is 5.97 Å². The van der Waals surface area contributed by atoms with Gasteiger partial charge in [0, 0.05) is 10.4 Å². The Hall–Kier alpha value is -1.88. The molecule has 3 nitrogen and oxygen atoms in total. The molecule has 0 amide bonds. The Morgan fingerprint density at radius 3 is 2.77 bits per heavy atom. The van der Waals surface area contributed by atoms with Gasteiger partial charge in [0.05, 0.1) is 23.9 Å². The summed E-state index contributed by atoms with van der Waals surface area (Å²) in [7, 11) is 0. The van der Waals surface area contributed by atoms with E-state index in [2.05, 4.69) is 21.2 Å². The van der Waals surface area contributed by atoms with E-state index in [-0.39, 0.29) is 23.7 Å². The Morgan fingerprint density at radius 1 is 1.36 bits per heavy atom. The lowest BCUT2D eigenvalue weighted by Gasteiger charge is -2.19. The Balaban J connectivity index is 2.07. The van der Waals surface area contributed by atoms with E-state index >= 15 is 0 Å². The van der Waals surface area contributed by atoms with Crippen molar-refractivity contribution in [3.63, 3.8) is 0 Å². The fourth-order valence-electron chi connectivity index (χ4n) is 2.76. The number of allylic oxidation sites excluding steroid dienone is 2. The van der Waals surface area contributed by atoms with Crippen molar-refractivity contribution in [1.29, 1.82) is 0 Å². The van der Waals surface area contributed by atoms with Gasteiger partial charge in [-0.3, -0.25) is 0 Å². The Morgan fingerprint density at radius 2 is 2.09 bits per heavy atom. The zero-order valence-corrected chi connectivity index (χ0v) is 13.6. The fraction of sp³-hybridized carbons (Fsp3) is 0.235. The van der Waals surface area contributed by atoms with Crippen molar-refractivity contribution in [3.8, 4) is 0 Å². The van der Waals surface area contributed by atoms with Crippen molar-refractivity contribution in [1.82, 2.24) is 5.32 Å². The monoisotopic (exact) mass is 363 g/mol. The molecule has 1 N–H and O–H groups in total. The number of ether oxygens (including phenoxy) is 1. The summed E-state index contributed by atoms with van der Waals surface area (Å²) in [6, 6.07) is 6.10. The summed E-state index contributed by atoms with van der Waals surface area (Å²) >= 11 is 3.45. The highest BCUT2D eigenvalue weighted by Crippen LogP contribution is 2.37. The lowest BCUT2D eigenvalue weighted by atomic mass is 9.90. The van der Waals surface area contributed by atoms with Crippen LogP contribution in [0, 0.1) is 11.7 Å². The maximum absolute atomic E-state index is 13.1. The number of hydrogen-bond acceptors (Lipinski definition) is 3. The molecule has 2 aliphatic rings. The second kappa shape index (κ2) is 6.08. The van der Waals surface area contributed by atoms with E-state index in [0.717, 1.165) is 10.0 Å². The largest absolute Gasteiger partial charge is 0.463 e. The van der Waals surface area contributed by atoms with Gasteiger partial charge in [-0.15, -0.1) is 0 Å². The van der Waals surface area contributed by atoms with Gasteiger partial charge in [0.2, 0.25) is 0 Å². The quantitative estimate of drug-likeness (QED) is 0.834. The molecule has 0 spiro atoms. The van der Waals surface area contributed by atoms with Crippen LogP contribution in [0.5, 0.6) is 0 Å². The van der Waals surface area contributed by atoms with Crippen LogP contribution in [0.25, 0.3) is 5.70 Å². The number of carbonyl (C=O) groups is 1. The third-order valence-electron chi connectivity index (χ3n) is 3.73. The summed E-state index contributed by atoms with van der Waals surface area (Å²) in [5, 5.41) is 3.34. The van der Waals surface area contributed by atoms with Gasteiger partial charge in [-0.25, -0.2) is 9.18 Å². The number of hydrogen-bond donors (Lipinski definition) is 1. The first-order chi connectivity index (χ1) is 10.6. The lowest BCUT2D eigenvalue weighted by Crippen LogP contribution is -2.28. The van der Waals surface area contributed by atoms with Gasteiger partial charge in [0.15, 0.2) is 0 Å². The van der Waals surface area contributed by atoms with E-state index in [9.17, 15) is 9.18 Å². The predicted octanol–water partition coefficient (Wildman–Crippen LogP) is 3.54. The molecule has 1 aromatic rings. The van der Waals surface area contributed by atoms with Crippen LogP contribution in [0.4, 0.5) is 4.39 Å². The zero-order chi connectivity index (χ0) is 15.7. The molecule has 0 saturated heterocycles. The number of halogens is 2. The highest BCUT2D eigenvalue weighted by atomic mass is 79.9. The summed E-state index contributed by atoms with van der Waals surface area (Å²) in [6.45, 7) is 2.10. The second-order valence-electron chi connectivity index (χ2n) is 5.12. The standard InChI is InChI=1S/C17H15BrFNO2/c1-2-22-17(21)15-13-9-11(18)5-8-14(13)20-16(15)10-3-6-12(19)7-4-10/h3-9,13-14,20H,2H2,1H3. The normalized spacial score (nSPS) is 23.0. The molecular weight excluding hydrogens is 349 g/mol. The van der Waals surface area contributed by atoms with E-state index < -0.39 is 0 Å². The summed E-state index contributed by atoms with van der Waals surface area (Å²) in [5.74, 6) is -0.743. The smallest absolute Gasteiger partial charge is 0.336 e. The molecule has 2 unspecified atom stereocenters. The van der Waals surface area contributed by atoms with Crippen LogP contribution in [0.2, 0.25) is 0 Å². The van der Waals surface area contributed by atoms with E-state index in [1.54, 1.807) is 19.1 Å². The van der Waals surface area contributed by atoms with Gasteiger partial charge in [-0.05, 0) is 36.8 Å². The van der Waals surface area contributed by atoms with Crippen molar-refractivity contribution in [3.05, 3.63) is 63.9 Å². The molecule has 2 atom stereocenters. The third kappa shape index (κ3) is 2.73. The molecule has 0 radical (unpaired) electrons. The van der Waals surface area contributed by atoms with E-state index in [1.807, 2.05) is 18.2 Å². The molecule has 1 aliphatic carbocycles. The number of rotatable bonds is 3. The maximum Gasteiger partial charge on any atom is 0.336 e. The highest BCUT2D eigenvalue weighted by molar-refractivity contribution is 9.11. The minimum absolute atomic E-state index is 0.000703.